The molecule has 45 heavy (non-hydrogen) atoms. The van der Waals surface area contributed by atoms with E-state index in [1.54, 1.807) is 4.90 Å². The van der Waals surface area contributed by atoms with Gasteiger partial charge >= 0.3 is 5.69 Å². The van der Waals surface area contributed by atoms with Crippen LogP contribution in [0.15, 0.2) is 48.0 Å². The summed E-state index contributed by atoms with van der Waals surface area (Å²) >= 11 is 0. The number of hydrogen-bond donors (Lipinski definition) is 1. The molecule has 3 aromatic heterocycles. The van der Waals surface area contributed by atoms with Crippen LogP contribution in [0.2, 0.25) is 0 Å². The van der Waals surface area contributed by atoms with Crippen molar-refractivity contribution < 1.29 is 18.7 Å². The molecule has 1 aliphatic rings. The van der Waals surface area contributed by atoms with Gasteiger partial charge in [0.05, 0.1) is 28.0 Å². The molecular formula is C33H39F2N7O3. The van der Waals surface area contributed by atoms with Crippen LogP contribution < -0.4 is 10.6 Å². The van der Waals surface area contributed by atoms with Crippen molar-refractivity contribution in [3.63, 3.8) is 0 Å². The van der Waals surface area contributed by atoms with Crippen molar-refractivity contribution in [2.45, 2.75) is 72.9 Å². The summed E-state index contributed by atoms with van der Waals surface area (Å²) in [6.45, 7) is 15.6. The van der Waals surface area contributed by atoms with Crippen LogP contribution in [0.1, 0.15) is 72.2 Å². The first kappa shape index (κ1) is 33.2. The number of rotatable bonds is 6. The molecule has 0 spiro atoms. The number of halogens is 2. The monoisotopic (exact) mass is 619 g/mol. The van der Waals surface area contributed by atoms with Crippen molar-refractivity contribution >= 4 is 22.8 Å². The van der Waals surface area contributed by atoms with Gasteiger partial charge in [0.1, 0.15) is 29.4 Å². The van der Waals surface area contributed by atoms with Crippen molar-refractivity contribution in [1.82, 2.24) is 29.4 Å². The first-order valence-corrected chi connectivity index (χ1v) is 14.5. The average Bonchev–Trinajstić information content (AvgIpc) is 2.97. The summed E-state index contributed by atoms with van der Waals surface area (Å²) in [5.41, 5.74) is -0.114. The largest absolute Gasteiger partial charge is 0.507 e. The van der Waals surface area contributed by atoms with Crippen LogP contribution in [0.3, 0.4) is 0 Å². The molecule has 5 rings (SSSR count). The molecule has 238 valence electrons. The summed E-state index contributed by atoms with van der Waals surface area (Å²) in [4.78, 5) is 48.2. The number of amides is 1. The summed E-state index contributed by atoms with van der Waals surface area (Å²) in [6.07, 6.45) is 2.69. The van der Waals surface area contributed by atoms with Crippen LogP contribution in [0.25, 0.3) is 28.0 Å². The molecule has 0 saturated carbocycles. The summed E-state index contributed by atoms with van der Waals surface area (Å²) < 4.78 is 32.3. The van der Waals surface area contributed by atoms with Gasteiger partial charge < -0.3 is 14.9 Å². The molecular weight excluding hydrogens is 580 g/mol. The van der Waals surface area contributed by atoms with E-state index in [0.29, 0.717) is 30.2 Å². The predicted octanol–water partition coefficient (Wildman–Crippen LogP) is 5.72. The number of aromatic nitrogens is 5. The molecule has 0 aliphatic carbocycles. The van der Waals surface area contributed by atoms with Crippen LogP contribution in [0, 0.1) is 11.6 Å². The Balaban J connectivity index is 0.00000461. The summed E-state index contributed by atoms with van der Waals surface area (Å²) in [7, 11) is 0. The highest BCUT2D eigenvalue weighted by molar-refractivity contribution is 5.91. The smallest absolute Gasteiger partial charge is 0.355 e. The van der Waals surface area contributed by atoms with Crippen molar-refractivity contribution in [2.24, 2.45) is 0 Å². The van der Waals surface area contributed by atoms with E-state index in [1.807, 2.05) is 46.4 Å². The molecule has 1 aromatic carbocycles. The maximum Gasteiger partial charge on any atom is 0.355 e. The number of piperazine rings is 1. The van der Waals surface area contributed by atoms with Crippen LogP contribution in [0.4, 0.5) is 14.6 Å². The van der Waals surface area contributed by atoms with Gasteiger partial charge in [-0.15, -0.1) is 0 Å². The van der Waals surface area contributed by atoms with E-state index in [4.69, 9.17) is 0 Å². The summed E-state index contributed by atoms with van der Waals surface area (Å²) in [5, 5.41) is 10.7. The lowest BCUT2D eigenvalue weighted by Gasteiger charge is -2.44. The Morgan fingerprint density at radius 2 is 1.67 bits per heavy atom. The number of benzene rings is 1. The average molecular weight is 620 g/mol. The second-order valence-electron chi connectivity index (χ2n) is 11.7. The zero-order chi connectivity index (χ0) is 32.0. The Kier molecular flexibility index (Phi) is 9.36. The number of carbonyl (C=O) groups excluding carboxylic acids is 1. The molecule has 1 aliphatic heterocycles. The molecule has 0 bridgehead atoms. The van der Waals surface area contributed by atoms with E-state index >= 15 is 8.78 Å². The Hall–Kier alpha value is -4.74. The Morgan fingerprint density at radius 3 is 2.24 bits per heavy atom. The number of fused-ring (bicyclic) bond motifs is 1. The molecule has 4 aromatic rings. The fourth-order valence-electron chi connectivity index (χ4n) is 5.78. The van der Waals surface area contributed by atoms with Crippen LogP contribution in [-0.4, -0.2) is 65.6 Å². The minimum atomic E-state index is -0.912. The molecule has 1 amide bonds. The minimum absolute atomic E-state index is 0. The Labute approximate surface area is 261 Å². The van der Waals surface area contributed by atoms with Gasteiger partial charge in [0, 0.05) is 25.2 Å². The number of pyridine rings is 1. The number of aromatic hydroxyl groups is 1. The molecule has 10 nitrogen and oxygen atoms in total. The van der Waals surface area contributed by atoms with E-state index < -0.39 is 34.3 Å². The van der Waals surface area contributed by atoms with Gasteiger partial charge in [0.25, 0.3) is 0 Å². The van der Waals surface area contributed by atoms with E-state index in [0.717, 1.165) is 12.1 Å². The number of phenolic OH excluding ortho intramolecular Hbond substituents is 1. The first-order chi connectivity index (χ1) is 20.8. The van der Waals surface area contributed by atoms with Gasteiger partial charge in [-0.2, -0.15) is 4.98 Å². The third-order valence-corrected chi connectivity index (χ3v) is 7.94. The number of hydrogen-bond acceptors (Lipinski definition) is 8. The van der Waals surface area contributed by atoms with Crippen LogP contribution in [-0.2, 0) is 4.79 Å². The van der Waals surface area contributed by atoms with Gasteiger partial charge in [-0.25, -0.2) is 33.1 Å². The molecule has 1 fully saturated rings. The number of carbonyl (C=O) groups is 1. The lowest BCUT2D eigenvalue weighted by atomic mass is 10.0. The normalized spacial score (nSPS) is 16.8. The predicted molar refractivity (Wildman–Crippen MR) is 171 cm³/mol. The van der Waals surface area contributed by atoms with Crippen molar-refractivity contribution in [2.75, 3.05) is 18.0 Å². The maximum atomic E-state index is 16.0. The maximum absolute atomic E-state index is 16.0. The van der Waals surface area contributed by atoms with Crippen molar-refractivity contribution in [3.8, 4) is 22.7 Å². The number of phenols is 1. The molecule has 1 saturated heterocycles. The zero-order valence-electron chi connectivity index (χ0n) is 25.5. The van der Waals surface area contributed by atoms with E-state index in [2.05, 4.69) is 26.5 Å². The van der Waals surface area contributed by atoms with E-state index in [9.17, 15) is 14.7 Å². The van der Waals surface area contributed by atoms with E-state index in [-0.39, 0.29) is 54.1 Å². The lowest BCUT2D eigenvalue weighted by molar-refractivity contribution is -0.128. The molecule has 4 heterocycles. The molecule has 0 radical (unpaired) electrons. The highest BCUT2D eigenvalue weighted by Crippen LogP contribution is 2.37. The van der Waals surface area contributed by atoms with Gasteiger partial charge in [-0.3, -0.25) is 4.79 Å². The highest BCUT2D eigenvalue weighted by atomic mass is 19.1. The standard InChI is InChI=1S/C32H35F2N7O3.CH4/c1-8-24(43)39-13-19(7)40(14-18(39)6)30-20-12-22(34)28(25-21(33)10-9-11-23(25)42)37-31(20)41(32(44)38-30)29-26(16(2)3)35-15-36-27(29)17(4)5;/h8-12,15-19,42H,1,13-14H2,2-7H3;1H4/t18-,19+;/m1./s1. The lowest BCUT2D eigenvalue weighted by Crippen LogP contribution is -2.58. The Bertz CT molecular complexity index is 1790. The van der Waals surface area contributed by atoms with Gasteiger partial charge in [-0.05, 0) is 50.0 Å². The minimum Gasteiger partial charge on any atom is -0.507 e. The molecule has 1 N–H and O–H groups in total. The molecule has 12 heteroatoms. The third-order valence-electron chi connectivity index (χ3n) is 7.94. The zero-order valence-corrected chi connectivity index (χ0v) is 25.5. The van der Waals surface area contributed by atoms with E-state index in [1.165, 1.54) is 29.1 Å². The van der Waals surface area contributed by atoms with Crippen LogP contribution in [0.5, 0.6) is 5.75 Å². The third kappa shape index (κ3) is 5.76. The fraction of sp³-hybridized carbons (Fsp3) is 0.394. The first-order valence-electron chi connectivity index (χ1n) is 14.5. The van der Waals surface area contributed by atoms with Gasteiger partial charge in [0.15, 0.2) is 11.5 Å². The SMILES string of the molecule is C.C=CC(=O)N1C[C@H](C)N(c2nc(=O)n(-c3c(C(C)C)ncnc3C(C)C)c3nc(-c4c(O)cccc4F)c(F)cc23)C[C@H]1C. The van der Waals surface area contributed by atoms with Crippen molar-refractivity contribution in [1.29, 1.82) is 0 Å². The topological polar surface area (TPSA) is 117 Å². The van der Waals surface area contributed by atoms with Crippen molar-refractivity contribution in [3.05, 3.63) is 76.8 Å². The van der Waals surface area contributed by atoms with Crippen LogP contribution >= 0.6 is 0 Å². The Morgan fingerprint density at radius 1 is 1.02 bits per heavy atom. The molecule has 0 unspecified atom stereocenters. The second-order valence-corrected chi connectivity index (χ2v) is 11.7. The summed E-state index contributed by atoms with van der Waals surface area (Å²) in [6, 6.07) is 4.21. The molecule has 2 atom stereocenters. The fourth-order valence-corrected chi connectivity index (χ4v) is 5.78. The number of anilines is 1. The summed E-state index contributed by atoms with van der Waals surface area (Å²) in [5.74, 6) is -2.61. The quantitative estimate of drug-likeness (QED) is 0.273. The second kappa shape index (κ2) is 12.7. The van der Waals surface area contributed by atoms with Gasteiger partial charge in [-0.1, -0.05) is 47.8 Å². The van der Waals surface area contributed by atoms with Gasteiger partial charge in [0.2, 0.25) is 5.91 Å². The number of nitrogens with zero attached hydrogens (tertiary/aromatic N) is 7. The highest BCUT2D eigenvalue weighted by Gasteiger charge is 2.34.